The molecule has 4 nitrogen and oxygen atoms in total. The summed E-state index contributed by atoms with van der Waals surface area (Å²) in [6.45, 7) is 5.04. The molecule has 1 saturated carbocycles. The molecule has 1 fully saturated rings. The van der Waals surface area contributed by atoms with Crippen molar-refractivity contribution < 1.29 is 9.90 Å². The zero-order valence-electron chi connectivity index (χ0n) is 12.4. The lowest BCUT2D eigenvalue weighted by atomic mass is 9.91. The van der Waals surface area contributed by atoms with Gasteiger partial charge in [-0.3, -0.25) is 9.69 Å². The lowest BCUT2D eigenvalue weighted by molar-refractivity contribution is -0.118. The SMILES string of the molecule is Cc1cccc(C)c1NC(=O)CN(CCO)C1CCC1. The molecule has 0 aliphatic heterocycles. The van der Waals surface area contributed by atoms with E-state index < -0.39 is 0 Å². The Morgan fingerprint density at radius 1 is 1.35 bits per heavy atom. The average molecular weight is 276 g/mol. The molecule has 1 amide bonds. The second kappa shape index (κ2) is 6.86. The summed E-state index contributed by atoms with van der Waals surface area (Å²) in [6, 6.07) is 6.46. The van der Waals surface area contributed by atoms with Gasteiger partial charge in [0.05, 0.1) is 13.2 Å². The van der Waals surface area contributed by atoms with Crippen molar-refractivity contribution >= 4 is 11.6 Å². The third-order valence-corrected chi connectivity index (χ3v) is 4.07. The second-order valence-corrected chi connectivity index (χ2v) is 5.59. The van der Waals surface area contributed by atoms with Gasteiger partial charge in [0.15, 0.2) is 0 Å². The number of nitrogens with one attached hydrogen (secondary N) is 1. The maximum atomic E-state index is 12.2. The van der Waals surface area contributed by atoms with Gasteiger partial charge >= 0.3 is 0 Å². The fourth-order valence-corrected chi connectivity index (χ4v) is 2.65. The highest BCUT2D eigenvalue weighted by atomic mass is 16.3. The fourth-order valence-electron chi connectivity index (χ4n) is 2.65. The number of amides is 1. The molecule has 0 bridgehead atoms. The van der Waals surface area contributed by atoms with Gasteiger partial charge in [0, 0.05) is 18.3 Å². The van der Waals surface area contributed by atoms with E-state index in [1.165, 1.54) is 6.42 Å². The molecule has 4 heteroatoms. The number of aliphatic hydroxyl groups is 1. The van der Waals surface area contributed by atoms with Crippen LogP contribution in [0.5, 0.6) is 0 Å². The van der Waals surface area contributed by atoms with Crippen LogP contribution in [0.4, 0.5) is 5.69 Å². The van der Waals surface area contributed by atoms with E-state index in [9.17, 15) is 4.79 Å². The zero-order chi connectivity index (χ0) is 14.5. The van der Waals surface area contributed by atoms with Gasteiger partial charge in [-0.1, -0.05) is 24.6 Å². The fraction of sp³-hybridized carbons (Fsp3) is 0.562. The topological polar surface area (TPSA) is 52.6 Å². The number of aryl methyl sites for hydroxylation is 2. The van der Waals surface area contributed by atoms with E-state index in [0.29, 0.717) is 19.1 Å². The number of carbonyl (C=O) groups is 1. The first-order valence-corrected chi connectivity index (χ1v) is 7.33. The van der Waals surface area contributed by atoms with E-state index in [1.54, 1.807) is 0 Å². The largest absolute Gasteiger partial charge is 0.395 e. The van der Waals surface area contributed by atoms with E-state index in [1.807, 2.05) is 32.0 Å². The third-order valence-electron chi connectivity index (χ3n) is 4.07. The van der Waals surface area contributed by atoms with Crippen molar-refractivity contribution in [2.24, 2.45) is 0 Å². The molecule has 0 spiro atoms. The Balaban J connectivity index is 1.96. The van der Waals surface area contributed by atoms with Crippen LogP contribution < -0.4 is 5.32 Å². The van der Waals surface area contributed by atoms with Crippen molar-refractivity contribution in [1.29, 1.82) is 0 Å². The molecule has 0 aromatic heterocycles. The maximum Gasteiger partial charge on any atom is 0.238 e. The number of hydrogen-bond acceptors (Lipinski definition) is 3. The lowest BCUT2D eigenvalue weighted by Gasteiger charge is -2.36. The zero-order valence-corrected chi connectivity index (χ0v) is 12.4. The first-order chi connectivity index (χ1) is 9.61. The second-order valence-electron chi connectivity index (χ2n) is 5.59. The average Bonchev–Trinajstić information content (AvgIpc) is 2.32. The van der Waals surface area contributed by atoms with Crippen molar-refractivity contribution in [2.45, 2.75) is 39.2 Å². The first kappa shape index (κ1) is 15.0. The van der Waals surface area contributed by atoms with Crippen molar-refractivity contribution in [2.75, 3.05) is 25.0 Å². The number of aliphatic hydroxyl groups excluding tert-OH is 1. The van der Waals surface area contributed by atoms with E-state index in [2.05, 4.69) is 10.2 Å². The molecule has 1 aromatic rings. The Bertz CT molecular complexity index is 449. The van der Waals surface area contributed by atoms with Crippen LogP contribution in [0.15, 0.2) is 18.2 Å². The van der Waals surface area contributed by atoms with Gasteiger partial charge in [-0.2, -0.15) is 0 Å². The van der Waals surface area contributed by atoms with E-state index in [4.69, 9.17) is 5.11 Å². The maximum absolute atomic E-state index is 12.2. The molecule has 20 heavy (non-hydrogen) atoms. The van der Waals surface area contributed by atoms with Crippen molar-refractivity contribution in [3.05, 3.63) is 29.3 Å². The highest BCUT2D eigenvalue weighted by Gasteiger charge is 2.26. The Morgan fingerprint density at radius 3 is 2.50 bits per heavy atom. The summed E-state index contributed by atoms with van der Waals surface area (Å²) in [5, 5.41) is 12.1. The summed E-state index contributed by atoms with van der Waals surface area (Å²) in [7, 11) is 0. The van der Waals surface area contributed by atoms with Gasteiger partial charge in [-0.05, 0) is 37.8 Å². The molecule has 0 saturated heterocycles. The molecule has 0 unspecified atom stereocenters. The lowest BCUT2D eigenvalue weighted by Crippen LogP contribution is -2.45. The van der Waals surface area contributed by atoms with Crippen LogP contribution in [0.25, 0.3) is 0 Å². The van der Waals surface area contributed by atoms with Crippen LogP contribution >= 0.6 is 0 Å². The Morgan fingerprint density at radius 2 is 2.00 bits per heavy atom. The minimum Gasteiger partial charge on any atom is -0.395 e. The molecule has 2 rings (SSSR count). The molecule has 0 atom stereocenters. The normalized spacial score (nSPS) is 15.2. The summed E-state index contributed by atoms with van der Waals surface area (Å²) in [5.41, 5.74) is 3.07. The van der Waals surface area contributed by atoms with Gasteiger partial charge in [0.1, 0.15) is 0 Å². The number of nitrogens with zero attached hydrogens (tertiary/aromatic N) is 1. The number of para-hydroxylation sites is 1. The van der Waals surface area contributed by atoms with E-state index in [0.717, 1.165) is 29.7 Å². The third kappa shape index (κ3) is 3.58. The van der Waals surface area contributed by atoms with E-state index >= 15 is 0 Å². The first-order valence-electron chi connectivity index (χ1n) is 7.33. The standard InChI is InChI=1S/C16H24N2O2/c1-12-5-3-6-13(2)16(12)17-15(20)11-18(9-10-19)14-7-4-8-14/h3,5-6,14,19H,4,7-11H2,1-2H3,(H,17,20). The molecule has 110 valence electrons. The molecule has 0 radical (unpaired) electrons. The predicted molar refractivity (Wildman–Crippen MR) is 80.8 cm³/mol. The molecule has 1 aliphatic rings. The molecular formula is C16H24N2O2. The minimum absolute atomic E-state index is 0.00255. The molecule has 0 heterocycles. The highest BCUT2D eigenvalue weighted by Crippen LogP contribution is 2.25. The van der Waals surface area contributed by atoms with Crippen LogP contribution in [0.2, 0.25) is 0 Å². The van der Waals surface area contributed by atoms with Crippen LogP contribution in [0.3, 0.4) is 0 Å². The van der Waals surface area contributed by atoms with Gasteiger partial charge in [-0.15, -0.1) is 0 Å². The Labute approximate surface area is 120 Å². The quantitative estimate of drug-likeness (QED) is 0.836. The Kier molecular flexibility index (Phi) is 5.15. The summed E-state index contributed by atoms with van der Waals surface area (Å²) in [5.74, 6) is 0.00255. The van der Waals surface area contributed by atoms with Crippen molar-refractivity contribution in [3.63, 3.8) is 0 Å². The van der Waals surface area contributed by atoms with Gasteiger partial charge in [-0.25, -0.2) is 0 Å². The summed E-state index contributed by atoms with van der Waals surface area (Å²) in [6.07, 6.45) is 3.50. The van der Waals surface area contributed by atoms with Crippen LogP contribution in [-0.2, 0) is 4.79 Å². The van der Waals surface area contributed by atoms with Crippen molar-refractivity contribution in [1.82, 2.24) is 4.90 Å². The van der Waals surface area contributed by atoms with Gasteiger partial charge in [0.25, 0.3) is 0 Å². The number of anilines is 1. The van der Waals surface area contributed by atoms with Crippen LogP contribution in [0.1, 0.15) is 30.4 Å². The van der Waals surface area contributed by atoms with Gasteiger partial charge in [0.2, 0.25) is 5.91 Å². The predicted octanol–water partition coefficient (Wildman–Crippen LogP) is 2.09. The highest BCUT2D eigenvalue weighted by molar-refractivity contribution is 5.93. The van der Waals surface area contributed by atoms with Crippen molar-refractivity contribution in [3.8, 4) is 0 Å². The smallest absolute Gasteiger partial charge is 0.238 e. The summed E-state index contributed by atoms with van der Waals surface area (Å²) in [4.78, 5) is 14.3. The molecule has 1 aromatic carbocycles. The summed E-state index contributed by atoms with van der Waals surface area (Å²) >= 11 is 0. The monoisotopic (exact) mass is 276 g/mol. The number of benzene rings is 1. The number of hydrogen-bond donors (Lipinski definition) is 2. The van der Waals surface area contributed by atoms with Crippen LogP contribution in [-0.4, -0.2) is 41.7 Å². The number of rotatable bonds is 6. The molecule has 2 N–H and O–H groups in total. The Hall–Kier alpha value is -1.39. The molecule has 1 aliphatic carbocycles. The number of carbonyl (C=O) groups excluding carboxylic acids is 1. The van der Waals surface area contributed by atoms with E-state index in [-0.39, 0.29) is 12.5 Å². The van der Waals surface area contributed by atoms with Crippen LogP contribution in [0, 0.1) is 13.8 Å². The summed E-state index contributed by atoms with van der Waals surface area (Å²) < 4.78 is 0. The molecular weight excluding hydrogens is 252 g/mol. The minimum atomic E-state index is 0.00255. The van der Waals surface area contributed by atoms with Gasteiger partial charge < -0.3 is 10.4 Å².